The second-order valence-electron chi connectivity index (χ2n) is 5.34. The predicted octanol–water partition coefficient (Wildman–Crippen LogP) is 1.14. The monoisotopic (exact) mass is 309 g/mol. The van der Waals surface area contributed by atoms with Gasteiger partial charge in [0.15, 0.2) is 0 Å². The number of thiophene rings is 1. The Morgan fingerprint density at radius 2 is 2.29 bits per heavy atom. The molecule has 1 fully saturated rings. The van der Waals surface area contributed by atoms with E-state index < -0.39 is 0 Å². The first-order valence-electron chi connectivity index (χ1n) is 7.49. The lowest BCUT2D eigenvalue weighted by atomic mass is 10.0. The molecule has 2 amide bonds. The first kappa shape index (κ1) is 16.0. The molecule has 1 aliphatic rings. The molecule has 2 rings (SSSR count). The molecule has 0 spiro atoms. The van der Waals surface area contributed by atoms with Gasteiger partial charge in [-0.15, -0.1) is 11.3 Å². The Hall–Kier alpha value is -1.40. The Morgan fingerprint density at radius 3 is 3.00 bits per heavy atom. The zero-order valence-electron chi connectivity index (χ0n) is 12.2. The summed E-state index contributed by atoms with van der Waals surface area (Å²) >= 11 is 1.61. The van der Waals surface area contributed by atoms with E-state index in [9.17, 15) is 9.59 Å². The molecule has 2 heterocycles. The van der Waals surface area contributed by atoms with Crippen LogP contribution >= 0.6 is 11.3 Å². The molecule has 0 saturated carbocycles. The molecule has 0 aliphatic carbocycles. The fourth-order valence-corrected chi connectivity index (χ4v) is 3.35. The number of likely N-dealkylation sites (tertiary alicyclic amines) is 1. The van der Waals surface area contributed by atoms with Gasteiger partial charge in [0.05, 0.1) is 6.42 Å². The van der Waals surface area contributed by atoms with Gasteiger partial charge >= 0.3 is 0 Å². The van der Waals surface area contributed by atoms with Crippen LogP contribution in [0.15, 0.2) is 17.5 Å². The smallest absolute Gasteiger partial charge is 0.228 e. The quantitative estimate of drug-likeness (QED) is 0.827. The summed E-state index contributed by atoms with van der Waals surface area (Å²) < 4.78 is 0. The van der Waals surface area contributed by atoms with Gasteiger partial charge in [-0.2, -0.15) is 0 Å². The van der Waals surface area contributed by atoms with E-state index >= 15 is 0 Å². The molecule has 0 bridgehead atoms. The van der Waals surface area contributed by atoms with E-state index in [4.69, 9.17) is 5.73 Å². The maximum absolute atomic E-state index is 12.4. The van der Waals surface area contributed by atoms with E-state index in [2.05, 4.69) is 5.32 Å². The van der Waals surface area contributed by atoms with Crippen molar-refractivity contribution >= 4 is 23.2 Å². The van der Waals surface area contributed by atoms with Crippen LogP contribution in [0.5, 0.6) is 0 Å². The van der Waals surface area contributed by atoms with Crippen LogP contribution in [0, 0.1) is 0 Å². The summed E-state index contributed by atoms with van der Waals surface area (Å²) in [6.07, 6.45) is 3.92. The van der Waals surface area contributed by atoms with Crippen LogP contribution in [0.1, 0.15) is 30.6 Å². The summed E-state index contributed by atoms with van der Waals surface area (Å²) in [4.78, 5) is 27.0. The van der Waals surface area contributed by atoms with Crippen molar-refractivity contribution in [1.29, 1.82) is 0 Å². The number of nitrogens with two attached hydrogens (primary N) is 1. The Balaban J connectivity index is 1.88. The highest BCUT2D eigenvalue weighted by Crippen LogP contribution is 2.19. The van der Waals surface area contributed by atoms with E-state index in [0.717, 1.165) is 30.7 Å². The Labute approximate surface area is 129 Å². The topological polar surface area (TPSA) is 75.4 Å². The van der Waals surface area contributed by atoms with Crippen molar-refractivity contribution < 1.29 is 9.59 Å². The molecule has 1 aromatic rings. The number of amides is 2. The number of piperidine rings is 1. The highest BCUT2D eigenvalue weighted by atomic mass is 32.1. The van der Waals surface area contributed by atoms with E-state index in [0.29, 0.717) is 25.9 Å². The molecule has 3 N–H and O–H groups in total. The van der Waals surface area contributed by atoms with Crippen LogP contribution in [-0.4, -0.2) is 42.4 Å². The van der Waals surface area contributed by atoms with Gasteiger partial charge in [-0.1, -0.05) is 6.07 Å². The number of carbonyl (C=O) groups excluding carboxylic acids is 2. The van der Waals surface area contributed by atoms with Gasteiger partial charge in [0.25, 0.3) is 0 Å². The molecular weight excluding hydrogens is 286 g/mol. The number of hydrogen-bond donors (Lipinski definition) is 2. The maximum atomic E-state index is 12.4. The van der Waals surface area contributed by atoms with Crippen LogP contribution in [0.4, 0.5) is 0 Å². The largest absolute Gasteiger partial charge is 0.354 e. The summed E-state index contributed by atoms with van der Waals surface area (Å²) in [6.45, 7) is 1.69. The van der Waals surface area contributed by atoms with Gasteiger partial charge in [-0.05, 0) is 30.7 Å². The third-order valence-electron chi connectivity index (χ3n) is 3.76. The molecule has 21 heavy (non-hydrogen) atoms. The van der Waals surface area contributed by atoms with Crippen molar-refractivity contribution in [2.24, 2.45) is 5.73 Å². The number of carbonyl (C=O) groups is 2. The lowest BCUT2D eigenvalue weighted by Gasteiger charge is -2.36. The number of nitrogens with zero attached hydrogens (tertiary/aromatic N) is 1. The van der Waals surface area contributed by atoms with E-state index in [1.807, 2.05) is 22.4 Å². The van der Waals surface area contributed by atoms with Gasteiger partial charge in [0.1, 0.15) is 0 Å². The Kier molecular flexibility index (Phi) is 6.20. The van der Waals surface area contributed by atoms with E-state index in [-0.39, 0.29) is 17.9 Å². The van der Waals surface area contributed by atoms with Crippen molar-refractivity contribution in [3.8, 4) is 0 Å². The molecule has 1 atom stereocenters. The molecule has 0 radical (unpaired) electrons. The van der Waals surface area contributed by atoms with Gasteiger partial charge in [-0.3, -0.25) is 9.59 Å². The van der Waals surface area contributed by atoms with Crippen molar-refractivity contribution in [3.63, 3.8) is 0 Å². The fourth-order valence-electron chi connectivity index (χ4n) is 2.66. The summed E-state index contributed by atoms with van der Waals surface area (Å²) in [6, 6.07) is 4.08. The van der Waals surface area contributed by atoms with Crippen LogP contribution < -0.4 is 11.1 Å². The fraction of sp³-hybridized carbons (Fsp3) is 0.600. The molecule has 1 aliphatic heterocycles. The first-order valence-corrected chi connectivity index (χ1v) is 8.37. The third kappa shape index (κ3) is 4.82. The summed E-state index contributed by atoms with van der Waals surface area (Å²) in [5.41, 5.74) is 5.37. The minimum absolute atomic E-state index is 0.0336. The minimum atomic E-state index is -0.0336. The Morgan fingerprint density at radius 1 is 1.43 bits per heavy atom. The zero-order chi connectivity index (χ0) is 15.1. The molecule has 0 aromatic carbocycles. The van der Waals surface area contributed by atoms with Crippen LogP contribution in [0.3, 0.4) is 0 Å². The lowest BCUT2D eigenvalue weighted by Crippen LogP contribution is -2.50. The van der Waals surface area contributed by atoms with Gasteiger partial charge < -0.3 is 16.0 Å². The number of hydrogen-bond acceptors (Lipinski definition) is 4. The predicted molar refractivity (Wildman–Crippen MR) is 84.1 cm³/mol. The number of rotatable bonds is 6. The zero-order valence-corrected chi connectivity index (χ0v) is 13.0. The Bertz CT molecular complexity index is 461. The summed E-state index contributed by atoms with van der Waals surface area (Å²) in [5.74, 6) is 0.129. The van der Waals surface area contributed by atoms with Crippen LogP contribution in [-0.2, 0) is 16.0 Å². The molecule has 6 heteroatoms. The first-order chi connectivity index (χ1) is 10.2. The molecule has 1 aromatic heterocycles. The van der Waals surface area contributed by atoms with Crippen LogP contribution in [0.2, 0.25) is 0 Å². The van der Waals surface area contributed by atoms with Gasteiger partial charge in [0.2, 0.25) is 11.8 Å². The van der Waals surface area contributed by atoms with Gasteiger partial charge in [-0.25, -0.2) is 0 Å². The standard InChI is InChI=1S/C15H23N3O2S/c16-7-6-14(19)17-11-12-4-1-2-8-18(12)15(20)10-13-5-3-9-21-13/h3,5,9,12H,1-2,4,6-8,10-11,16H2,(H,17,19). The highest BCUT2D eigenvalue weighted by molar-refractivity contribution is 7.10. The second kappa shape index (κ2) is 8.14. The van der Waals surface area contributed by atoms with E-state index in [1.165, 1.54) is 0 Å². The van der Waals surface area contributed by atoms with Crippen LogP contribution in [0.25, 0.3) is 0 Å². The van der Waals surface area contributed by atoms with Crippen molar-refractivity contribution in [1.82, 2.24) is 10.2 Å². The average molecular weight is 309 g/mol. The molecular formula is C15H23N3O2S. The lowest BCUT2D eigenvalue weighted by molar-refractivity contribution is -0.134. The molecule has 116 valence electrons. The summed E-state index contributed by atoms with van der Waals surface area (Å²) in [5, 5.41) is 4.88. The SMILES string of the molecule is NCCC(=O)NCC1CCCCN1C(=O)Cc1cccs1. The number of nitrogens with one attached hydrogen (secondary N) is 1. The summed E-state index contributed by atoms with van der Waals surface area (Å²) in [7, 11) is 0. The van der Waals surface area contributed by atoms with E-state index in [1.54, 1.807) is 11.3 Å². The normalized spacial score (nSPS) is 18.5. The average Bonchev–Trinajstić information content (AvgIpc) is 2.98. The van der Waals surface area contributed by atoms with Crippen molar-refractivity contribution in [2.45, 2.75) is 38.1 Å². The highest BCUT2D eigenvalue weighted by Gasteiger charge is 2.26. The maximum Gasteiger partial charge on any atom is 0.228 e. The minimum Gasteiger partial charge on any atom is -0.354 e. The van der Waals surface area contributed by atoms with Crippen molar-refractivity contribution in [3.05, 3.63) is 22.4 Å². The molecule has 1 saturated heterocycles. The third-order valence-corrected chi connectivity index (χ3v) is 4.64. The molecule has 1 unspecified atom stereocenters. The molecule has 5 nitrogen and oxygen atoms in total. The second-order valence-corrected chi connectivity index (χ2v) is 6.37. The van der Waals surface area contributed by atoms with Gasteiger partial charge in [0, 0.05) is 37.0 Å². The van der Waals surface area contributed by atoms with Crippen molar-refractivity contribution in [2.75, 3.05) is 19.6 Å².